The summed E-state index contributed by atoms with van der Waals surface area (Å²) in [6.45, 7) is -42.6. The lowest BCUT2D eigenvalue weighted by atomic mass is 10.1. The minimum absolute atomic E-state index is 0.200. The van der Waals surface area contributed by atoms with Gasteiger partial charge < -0.3 is 51.2 Å². The van der Waals surface area contributed by atoms with Crippen LogP contribution < -0.4 is 11.1 Å². The Kier molecular flexibility index (Phi) is 7.49. The Bertz CT molecular complexity index is 5030. The van der Waals surface area contributed by atoms with Crippen LogP contribution in [0.3, 0.4) is 0 Å². The topological polar surface area (TPSA) is 221 Å². The lowest BCUT2D eigenvalue weighted by Gasteiger charge is -2.14. The van der Waals surface area contributed by atoms with Gasteiger partial charge >= 0.3 is 0 Å². The molecule has 2 unspecified atom stereocenters. The molecule has 0 aromatic heterocycles. The molecule has 0 aliphatic rings. The van der Waals surface area contributed by atoms with Crippen molar-refractivity contribution in [1.29, 1.82) is 0 Å². The van der Waals surface area contributed by atoms with Gasteiger partial charge in [0.25, 0.3) is 10.1 Å². The predicted molar refractivity (Wildman–Crippen MR) is 258 cm³/mol. The summed E-state index contributed by atoms with van der Waals surface area (Å²) in [5, 5.41) is 60.6. The number of aromatic hydroxyl groups is 2. The van der Waals surface area contributed by atoms with Gasteiger partial charge in [0.2, 0.25) is 0 Å². The standard InChI is InChI=1S/C25H37NO4.C17H28O4S.C9H13NO3/c27-20-23-18-22(13-14-24(23)28)25(29)19-26-15-7-1-2-8-16-30-17-9-6-12-21-10-4-3-5-11-21;1-22(18,19)21-16-9-3-2-8-14-20-15-10-7-13-17-11-5-4-6-12-17;10-4-9(13)6-1-2-8(12)7(3-6)5-11/h3-5,10-11,13-14,18,25-29H,1-2,6-9,12,15-17,19-20H2;4-6,11-12H,2-3,7-10,13-16H2,1H3;1-3,9,11-13H,4-5,10H2/i1D2,2D2,3D,4D,5D,6D2,7D2,8D2,9D2,10D,11D,12D2,13D,14D,15D2,16D2,17D2,18D,19D2,20D2,25D;2D2,3D2,4D,5D,6D,7D2,8D2,9D2,10D2,11D,12D,13D2,14D2,15D2,16D2;1D,2D,3D,4D2,5D2,9D. The number of nitrogens with two attached hydrogens (primary N) is 1. The van der Waals surface area contributed by atoms with Gasteiger partial charge in [-0.2, -0.15) is 8.42 Å². The van der Waals surface area contributed by atoms with Crippen LogP contribution in [-0.4, -0.2) is 97.6 Å². The van der Waals surface area contributed by atoms with Crippen LogP contribution in [0, 0.1) is 0 Å². The molecule has 0 fully saturated rings. The van der Waals surface area contributed by atoms with Gasteiger partial charge in [-0.15, -0.1) is 0 Å². The van der Waals surface area contributed by atoms with Crippen molar-refractivity contribution in [2.24, 2.45) is 5.73 Å². The van der Waals surface area contributed by atoms with Crippen LogP contribution >= 0.6 is 0 Å². The maximum atomic E-state index is 11.4. The Labute approximate surface area is 481 Å². The molecule has 0 amide bonds. The molecule has 0 spiro atoms. The predicted octanol–water partition coefficient (Wildman–Crippen LogP) is 7.55. The number of hydrogen-bond donors (Lipinski definition) is 8. The Morgan fingerprint density at radius 2 is 1.03 bits per heavy atom. The van der Waals surface area contributed by atoms with E-state index < -0.39 is 318 Å². The maximum Gasteiger partial charge on any atom is 0.264 e. The summed E-state index contributed by atoms with van der Waals surface area (Å²) >= 11 is 0. The summed E-state index contributed by atoms with van der Waals surface area (Å²) in [4.78, 5) is 0. The van der Waals surface area contributed by atoms with E-state index in [4.69, 9.17) is 96.2 Å². The van der Waals surface area contributed by atoms with E-state index in [1.807, 2.05) is 0 Å². The monoisotopic (exact) mass is 993 g/mol. The molecular weight excluding hydrogens is 849 g/mol. The molecule has 65 heavy (non-hydrogen) atoms. The van der Waals surface area contributed by atoms with Gasteiger partial charge in [0, 0.05) is 97.0 Å². The van der Waals surface area contributed by atoms with Crippen molar-refractivity contribution in [3.63, 3.8) is 0 Å². The minimum Gasteiger partial charge on any atom is -0.508 e. The Morgan fingerprint density at radius 1 is 0.615 bits per heavy atom. The zero-order valence-corrected chi connectivity index (χ0v) is 33.0. The van der Waals surface area contributed by atoms with Crippen LogP contribution in [0.1, 0.15) is 212 Å². The average molecular weight is 994 g/mol. The quantitative estimate of drug-likeness (QED) is 0.0222. The number of aliphatic hydroxyl groups is 4. The highest BCUT2D eigenvalue weighted by atomic mass is 32.2. The molecule has 2 atom stereocenters. The summed E-state index contributed by atoms with van der Waals surface area (Å²) in [6.07, 6.45) is -72.5. The molecule has 13 nitrogen and oxygen atoms in total. The van der Waals surface area contributed by atoms with Crippen molar-refractivity contribution in [3.8, 4) is 11.5 Å². The third-order valence-electron chi connectivity index (χ3n) is 5.25. The van der Waals surface area contributed by atoms with Crippen molar-refractivity contribution in [2.75, 3.05) is 58.5 Å². The van der Waals surface area contributed by atoms with E-state index in [9.17, 15) is 39.1 Å². The normalized spacial score (nSPS) is 33.3. The SMILES string of the molecule is [2H]c1c([2H])c(C([2H])(O)C([2H])([2H])N)c([2H])c(C([2H])([2H])O)c1O.[2H]c1c([2H])c([2H])c(C([2H])([2H])C([2H])([2H])C([2H])([2H])C([2H])([2H])OC([2H])([2H])C([2H])([2H])C([2H])([2H])C([2H])([2H])C([2H])([2H])C([2H])([2H])NC([2H])([2H])C([2H])(O)c2c([2H])c([2H])c(O)c(C([2H])([2H])O)c2[2H])c([2H])c1[2H].[2H]c1c([2H])c([2H])c(C([2H])([2H])C([2H])([2H])C([2H])([2H])C([2H])([2H])OC([2H])([2H])C([2H])([2H])C([2H])([2H])C([2H])([2H])C([2H])([2H])C([2H])([2H])OS(C)(=O)=O)c([2H])c1[2H]. The summed E-state index contributed by atoms with van der Waals surface area (Å²) in [7, 11) is -4.94. The molecule has 0 aliphatic heterocycles. The Morgan fingerprint density at radius 3 is 1.46 bits per heavy atom. The lowest BCUT2D eigenvalue weighted by molar-refractivity contribution is 0.126. The second-order valence-corrected chi connectivity index (χ2v) is 11.2. The highest BCUT2D eigenvalue weighted by molar-refractivity contribution is 7.85. The van der Waals surface area contributed by atoms with Crippen molar-refractivity contribution in [1.82, 2.24) is 5.32 Å². The molecule has 4 rings (SSSR count). The van der Waals surface area contributed by atoms with Crippen LogP contribution in [0.2, 0.25) is 0 Å². The van der Waals surface area contributed by atoms with Crippen LogP contribution in [0.4, 0.5) is 0 Å². The third-order valence-corrected chi connectivity index (χ3v) is 5.64. The molecule has 4 aromatic carbocycles. The molecule has 14 heteroatoms. The molecule has 0 aliphatic carbocycles. The summed E-state index contributed by atoms with van der Waals surface area (Å²) in [6, 6.07) is -21.0. The molecule has 0 heterocycles. The van der Waals surface area contributed by atoms with Gasteiger partial charge in [0.05, 0.1) is 82.0 Å². The fourth-order valence-corrected chi connectivity index (χ4v) is 2.99. The molecule has 0 saturated carbocycles. The van der Waals surface area contributed by atoms with Crippen molar-refractivity contribution >= 4 is 10.1 Å². The number of rotatable bonds is 32. The van der Waals surface area contributed by atoms with Crippen LogP contribution in [-0.2, 0) is 49.6 Å². The van der Waals surface area contributed by atoms with E-state index in [0.29, 0.717) is 0 Å². The van der Waals surface area contributed by atoms with Gasteiger partial charge in [-0.1, -0.05) is 98.0 Å². The van der Waals surface area contributed by atoms with E-state index in [1.54, 1.807) is 0 Å². The van der Waals surface area contributed by atoms with E-state index in [2.05, 4.69) is 13.7 Å². The van der Waals surface area contributed by atoms with Crippen molar-refractivity contribution < 1.29 is 143 Å². The molecule has 0 bridgehead atoms. The summed E-state index contributed by atoms with van der Waals surface area (Å²) in [5.74, 6) is -2.82. The van der Waals surface area contributed by atoms with Crippen LogP contribution in [0.15, 0.2) is 96.7 Å². The zero-order valence-electron chi connectivity index (χ0n) is 98.2. The fourth-order valence-electron chi connectivity index (χ4n) is 2.80. The minimum atomic E-state index is -4.99. The fraction of sp³-hybridized carbons (Fsp3) is 0.529. The van der Waals surface area contributed by atoms with Crippen molar-refractivity contribution in [3.05, 3.63) is 130 Å². The van der Waals surface area contributed by atoms with Gasteiger partial charge in [-0.25, -0.2) is 0 Å². The van der Waals surface area contributed by atoms with E-state index in [1.165, 1.54) is 0 Å². The first-order chi connectivity index (χ1) is 56.5. The number of ether oxygens (including phenoxy) is 2. The van der Waals surface area contributed by atoms with Gasteiger partial charge in [-0.3, -0.25) is 4.18 Å². The molecule has 9 N–H and O–H groups in total. The van der Waals surface area contributed by atoms with E-state index >= 15 is 0 Å². The van der Waals surface area contributed by atoms with Crippen LogP contribution in [0.25, 0.3) is 0 Å². The maximum absolute atomic E-state index is 11.4. The Balaban J connectivity index is 0.000000744. The molecule has 0 radical (unpaired) electrons. The first kappa shape index (κ1) is 13.4. The third kappa shape index (κ3) is 28.7. The average Bonchev–Trinajstić information content (AvgIpc) is 0.687. The number of nitrogens with one attached hydrogen (secondary N) is 1. The largest absolute Gasteiger partial charge is 0.508 e. The summed E-state index contributed by atoms with van der Waals surface area (Å²) in [5.41, 5.74) is -3.83. The number of hydrogen-bond acceptors (Lipinski definition) is 13. The second-order valence-electron chi connectivity index (χ2n) is 9.64. The van der Waals surface area contributed by atoms with Crippen LogP contribution in [0.5, 0.6) is 11.5 Å². The molecular formula is C51H78N2O11S. The van der Waals surface area contributed by atoms with Gasteiger partial charge in [0.1, 0.15) is 11.5 Å². The first-order valence-corrected chi connectivity index (χ1v) is 17.9. The number of phenols is 2. The van der Waals surface area contributed by atoms with Gasteiger partial charge in [0.15, 0.2) is 0 Å². The zero-order chi connectivity index (χ0) is 106. The molecule has 364 valence electrons. The summed E-state index contributed by atoms with van der Waals surface area (Å²) < 4.78 is 560. The van der Waals surface area contributed by atoms with E-state index in [-0.39, 0.29) is 6.26 Å². The highest BCUT2D eigenvalue weighted by Gasteiger charge is 2.10. The number of benzene rings is 4. The smallest absolute Gasteiger partial charge is 0.264 e. The highest BCUT2D eigenvalue weighted by Crippen LogP contribution is 2.23. The lowest BCUT2D eigenvalue weighted by Crippen LogP contribution is -2.22. The Hall–Kier alpha value is -3.93. The second kappa shape index (κ2) is 36.2. The molecule has 4 aromatic rings. The molecule has 0 saturated heterocycles. The van der Waals surface area contributed by atoms with Gasteiger partial charge in [-0.05, 0) is 117 Å². The van der Waals surface area contributed by atoms with E-state index in [0.717, 1.165) is 5.32 Å². The van der Waals surface area contributed by atoms with Crippen molar-refractivity contribution in [2.45, 2.75) is 114 Å². The first-order valence-electron chi connectivity index (χ1n) is 49.1.